The lowest BCUT2D eigenvalue weighted by Crippen LogP contribution is -2.36. The highest BCUT2D eigenvalue weighted by molar-refractivity contribution is 7.89. The zero-order chi connectivity index (χ0) is 15.2. The topological polar surface area (TPSA) is 67.4 Å². The van der Waals surface area contributed by atoms with Crippen molar-refractivity contribution in [3.05, 3.63) is 15.8 Å². The van der Waals surface area contributed by atoms with Gasteiger partial charge in [0.05, 0.1) is 6.61 Å². The minimum absolute atomic E-state index is 0.249. The summed E-state index contributed by atoms with van der Waals surface area (Å²) in [5.41, 5.74) is 0.792. The summed E-state index contributed by atoms with van der Waals surface area (Å²) in [6, 6.07) is -0.249. The van der Waals surface area contributed by atoms with E-state index in [1.807, 2.05) is 12.3 Å². The molecule has 0 bridgehead atoms. The number of aryl methyl sites for hydroxylation is 1. The Hall–Kier alpha value is -0.470. The van der Waals surface area contributed by atoms with Crippen molar-refractivity contribution in [2.45, 2.75) is 44.7 Å². The third-order valence-corrected chi connectivity index (χ3v) is 5.80. The summed E-state index contributed by atoms with van der Waals surface area (Å²) in [6.45, 7) is 7.52. The van der Waals surface area contributed by atoms with Gasteiger partial charge in [-0.05, 0) is 37.8 Å². The first-order chi connectivity index (χ1) is 9.42. The molecule has 5 nitrogen and oxygen atoms in total. The van der Waals surface area contributed by atoms with Crippen LogP contribution < -0.4 is 10.0 Å². The van der Waals surface area contributed by atoms with Crippen molar-refractivity contribution in [1.82, 2.24) is 10.0 Å². The molecule has 0 amide bonds. The van der Waals surface area contributed by atoms with E-state index in [1.165, 1.54) is 11.3 Å². The third-order valence-electron chi connectivity index (χ3n) is 2.74. The Morgan fingerprint density at radius 3 is 2.75 bits per heavy atom. The van der Waals surface area contributed by atoms with Crippen LogP contribution in [0.3, 0.4) is 0 Å². The van der Waals surface area contributed by atoms with E-state index in [0.717, 1.165) is 23.4 Å². The average Bonchev–Trinajstić information content (AvgIpc) is 2.71. The molecule has 7 heteroatoms. The summed E-state index contributed by atoms with van der Waals surface area (Å²) >= 11 is 1.48. The summed E-state index contributed by atoms with van der Waals surface area (Å²) < 4.78 is 32.6. The van der Waals surface area contributed by atoms with Crippen molar-refractivity contribution in [3.63, 3.8) is 0 Å². The molecule has 1 aromatic rings. The zero-order valence-corrected chi connectivity index (χ0v) is 14.2. The average molecular weight is 320 g/mol. The van der Waals surface area contributed by atoms with Gasteiger partial charge in [-0.3, -0.25) is 0 Å². The van der Waals surface area contributed by atoms with E-state index in [0.29, 0.717) is 18.0 Å². The normalized spacial score (nSPS) is 13.6. The van der Waals surface area contributed by atoms with Crippen LogP contribution in [0.15, 0.2) is 10.3 Å². The molecule has 2 N–H and O–H groups in total. The fourth-order valence-corrected chi connectivity index (χ4v) is 4.97. The number of hydrogen-bond donors (Lipinski definition) is 2. The van der Waals surface area contributed by atoms with Crippen molar-refractivity contribution in [1.29, 1.82) is 0 Å². The van der Waals surface area contributed by atoms with Crippen LogP contribution in [0.25, 0.3) is 0 Å². The predicted octanol–water partition coefficient (Wildman–Crippen LogP) is 1.87. The Morgan fingerprint density at radius 2 is 2.15 bits per heavy atom. The molecule has 0 radical (unpaired) electrons. The van der Waals surface area contributed by atoms with Gasteiger partial charge in [0.15, 0.2) is 0 Å². The van der Waals surface area contributed by atoms with E-state index in [-0.39, 0.29) is 6.04 Å². The van der Waals surface area contributed by atoms with Crippen LogP contribution in [0.2, 0.25) is 0 Å². The summed E-state index contributed by atoms with van der Waals surface area (Å²) in [4.78, 5) is 1.27. The van der Waals surface area contributed by atoms with Crippen LogP contribution in [0.4, 0.5) is 0 Å². The molecule has 116 valence electrons. The van der Waals surface area contributed by atoms with E-state index < -0.39 is 10.0 Å². The molecule has 1 atom stereocenters. The summed E-state index contributed by atoms with van der Waals surface area (Å²) in [6.07, 6.45) is 1.02. The SMILES string of the molecule is CCCNCc1scc(C)c1S(=O)(=O)NC(C)COC. The second-order valence-electron chi connectivity index (χ2n) is 4.83. The summed E-state index contributed by atoms with van der Waals surface area (Å²) in [5, 5.41) is 5.14. The maximum absolute atomic E-state index is 12.5. The lowest BCUT2D eigenvalue weighted by Gasteiger charge is -2.14. The van der Waals surface area contributed by atoms with E-state index in [9.17, 15) is 8.42 Å². The maximum Gasteiger partial charge on any atom is 0.242 e. The number of thiophene rings is 1. The van der Waals surface area contributed by atoms with Gasteiger partial charge in [-0.15, -0.1) is 11.3 Å². The highest BCUT2D eigenvalue weighted by Gasteiger charge is 2.24. The van der Waals surface area contributed by atoms with Crippen LogP contribution in [0, 0.1) is 6.92 Å². The summed E-state index contributed by atoms with van der Waals surface area (Å²) in [5.74, 6) is 0. The van der Waals surface area contributed by atoms with Gasteiger partial charge < -0.3 is 10.1 Å². The molecule has 0 aromatic carbocycles. The van der Waals surface area contributed by atoms with Gasteiger partial charge in [-0.2, -0.15) is 0 Å². The number of rotatable bonds is 9. The van der Waals surface area contributed by atoms with E-state index in [2.05, 4.69) is 17.0 Å². The monoisotopic (exact) mass is 320 g/mol. The smallest absolute Gasteiger partial charge is 0.242 e. The van der Waals surface area contributed by atoms with Crippen LogP contribution in [-0.2, 0) is 21.3 Å². The van der Waals surface area contributed by atoms with Gasteiger partial charge in [0.2, 0.25) is 10.0 Å². The molecule has 1 rings (SSSR count). The van der Waals surface area contributed by atoms with Gasteiger partial charge in [0.1, 0.15) is 4.90 Å². The first-order valence-corrected chi connectivity index (χ1v) is 9.07. The number of ether oxygens (including phenoxy) is 1. The van der Waals surface area contributed by atoms with Gasteiger partial charge >= 0.3 is 0 Å². The van der Waals surface area contributed by atoms with Crippen LogP contribution >= 0.6 is 11.3 Å². The lowest BCUT2D eigenvalue weighted by atomic mass is 10.3. The molecule has 1 aromatic heterocycles. The lowest BCUT2D eigenvalue weighted by molar-refractivity contribution is 0.180. The van der Waals surface area contributed by atoms with Crippen molar-refractivity contribution in [2.24, 2.45) is 0 Å². The molecule has 0 aliphatic heterocycles. The fraction of sp³-hybridized carbons (Fsp3) is 0.692. The predicted molar refractivity (Wildman–Crippen MR) is 82.7 cm³/mol. The minimum Gasteiger partial charge on any atom is -0.383 e. The second kappa shape index (κ2) is 8.09. The largest absolute Gasteiger partial charge is 0.383 e. The fourth-order valence-electron chi connectivity index (χ4n) is 1.96. The molecule has 0 saturated heterocycles. The van der Waals surface area contributed by atoms with Gasteiger partial charge in [-0.25, -0.2) is 13.1 Å². The van der Waals surface area contributed by atoms with E-state index in [4.69, 9.17) is 4.74 Å². The third kappa shape index (κ3) is 4.82. The second-order valence-corrected chi connectivity index (χ2v) is 7.44. The number of sulfonamides is 1. The Kier molecular flexibility index (Phi) is 7.11. The van der Waals surface area contributed by atoms with Gasteiger partial charge in [0.25, 0.3) is 0 Å². The number of methoxy groups -OCH3 is 1. The highest BCUT2D eigenvalue weighted by atomic mass is 32.2. The molecule has 0 fully saturated rings. The van der Waals surface area contributed by atoms with Crippen molar-refractivity contribution >= 4 is 21.4 Å². The molecular formula is C13H24N2O3S2. The Morgan fingerprint density at radius 1 is 1.45 bits per heavy atom. The van der Waals surface area contributed by atoms with Crippen LogP contribution in [0.5, 0.6) is 0 Å². The van der Waals surface area contributed by atoms with E-state index in [1.54, 1.807) is 14.0 Å². The first-order valence-electron chi connectivity index (χ1n) is 6.71. The first kappa shape index (κ1) is 17.6. The molecule has 1 heterocycles. The quantitative estimate of drug-likeness (QED) is 0.682. The van der Waals surface area contributed by atoms with E-state index >= 15 is 0 Å². The molecule has 1 unspecified atom stereocenters. The van der Waals surface area contributed by atoms with Gasteiger partial charge in [-0.1, -0.05) is 6.92 Å². The Bertz CT molecular complexity index is 512. The number of nitrogens with one attached hydrogen (secondary N) is 2. The molecular weight excluding hydrogens is 296 g/mol. The minimum atomic E-state index is -3.50. The zero-order valence-electron chi connectivity index (χ0n) is 12.5. The molecule has 20 heavy (non-hydrogen) atoms. The molecule has 0 spiro atoms. The maximum atomic E-state index is 12.5. The highest BCUT2D eigenvalue weighted by Crippen LogP contribution is 2.26. The summed E-state index contributed by atoms with van der Waals surface area (Å²) in [7, 11) is -1.94. The van der Waals surface area contributed by atoms with Crippen molar-refractivity contribution < 1.29 is 13.2 Å². The van der Waals surface area contributed by atoms with Crippen LogP contribution in [-0.4, -0.2) is 34.7 Å². The van der Waals surface area contributed by atoms with Crippen molar-refractivity contribution in [2.75, 3.05) is 20.3 Å². The molecule has 0 aliphatic carbocycles. The van der Waals surface area contributed by atoms with Crippen LogP contribution in [0.1, 0.15) is 30.7 Å². The van der Waals surface area contributed by atoms with Crippen molar-refractivity contribution in [3.8, 4) is 0 Å². The Balaban J connectivity index is 2.90. The molecule has 0 aliphatic rings. The molecule has 0 saturated carbocycles. The standard InChI is InChI=1S/C13H24N2O3S2/c1-5-6-14-7-12-13(10(2)9-19-12)20(16,17)15-11(3)8-18-4/h9,11,14-15H,5-8H2,1-4H3. The van der Waals surface area contributed by atoms with Gasteiger partial charge in [0, 0.05) is 24.6 Å². The Labute approximate surface area is 125 Å². The number of hydrogen-bond acceptors (Lipinski definition) is 5.